The number of aliphatic hydroxyl groups is 2. The second kappa shape index (κ2) is 17.8. The molecule has 0 aromatic heterocycles. The van der Waals surface area contributed by atoms with E-state index in [4.69, 9.17) is 20.4 Å². The lowest BCUT2D eigenvalue weighted by Crippen LogP contribution is -2.03. The topological polar surface area (TPSA) is 124 Å². The molecule has 0 aromatic rings. The third-order valence-corrected chi connectivity index (χ3v) is 2.25. The molecule has 0 atom stereocenters. The molecule has 0 fully saturated rings. The Morgan fingerprint density at radius 2 is 1.05 bits per heavy atom. The van der Waals surface area contributed by atoms with Crippen LogP contribution in [0.15, 0.2) is 0 Å². The van der Waals surface area contributed by atoms with E-state index in [0.29, 0.717) is 26.1 Å². The first-order chi connectivity index (χ1) is 9.54. The molecule has 0 saturated carbocycles. The summed E-state index contributed by atoms with van der Waals surface area (Å²) in [4.78, 5) is 20.2. The van der Waals surface area contributed by atoms with E-state index in [0.717, 1.165) is 19.3 Å². The molecule has 0 aromatic carbocycles. The highest BCUT2D eigenvalue weighted by Crippen LogP contribution is 2.06. The van der Waals surface area contributed by atoms with E-state index in [1.54, 1.807) is 0 Å². The third kappa shape index (κ3) is 25.6. The molecule has 120 valence electrons. The maximum atomic E-state index is 10.1. The van der Waals surface area contributed by atoms with Crippen molar-refractivity contribution >= 4 is 11.9 Å². The first-order valence-electron chi connectivity index (χ1n) is 6.77. The molecule has 0 saturated heterocycles. The van der Waals surface area contributed by atoms with E-state index >= 15 is 0 Å². The number of hydrogen-bond donors (Lipinski definition) is 4. The summed E-state index contributed by atoms with van der Waals surface area (Å²) >= 11 is 0. The number of ether oxygens (including phenoxy) is 1. The Labute approximate surface area is 119 Å². The molecule has 0 unspecified atom stereocenters. The largest absolute Gasteiger partial charge is 0.481 e. The molecule has 0 spiro atoms. The standard InChI is InChI=1S/C9H16O4.C4H10O3/c10-8(11)6-4-2-1-3-5-7-9(12)13;5-1-3-7-4-2-6/h1-7H2,(H,10,11)(H,12,13);5-6H,1-4H2. The number of aliphatic hydroxyl groups excluding tert-OH is 2. The lowest BCUT2D eigenvalue weighted by Gasteiger charge is -1.97. The van der Waals surface area contributed by atoms with Gasteiger partial charge in [-0.15, -0.1) is 0 Å². The van der Waals surface area contributed by atoms with Crippen molar-refractivity contribution in [1.29, 1.82) is 0 Å². The van der Waals surface area contributed by atoms with Crippen molar-refractivity contribution in [2.45, 2.75) is 44.9 Å². The van der Waals surface area contributed by atoms with Crippen molar-refractivity contribution in [3.8, 4) is 0 Å². The van der Waals surface area contributed by atoms with Crippen LogP contribution in [0.3, 0.4) is 0 Å². The Morgan fingerprint density at radius 1 is 0.700 bits per heavy atom. The van der Waals surface area contributed by atoms with Crippen LogP contribution in [0.5, 0.6) is 0 Å². The maximum absolute atomic E-state index is 10.1. The number of hydrogen-bond acceptors (Lipinski definition) is 5. The summed E-state index contributed by atoms with van der Waals surface area (Å²) < 4.78 is 4.63. The van der Waals surface area contributed by atoms with E-state index in [9.17, 15) is 9.59 Å². The third-order valence-electron chi connectivity index (χ3n) is 2.25. The van der Waals surface area contributed by atoms with Gasteiger partial charge in [-0.3, -0.25) is 9.59 Å². The molecule has 0 aliphatic heterocycles. The molecule has 0 bridgehead atoms. The molecule has 0 amide bonds. The van der Waals surface area contributed by atoms with Gasteiger partial charge in [-0.2, -0.15) is 0 Å². The zero-order valence-corrected chi connectivity index (χ0v) is 11.8. The zero-order chi connectivity index (χ0) is 15.6. The SMILES string of the molecule is O=C(O)CCCCCCCC(=O)O.OCCOCCO. The Balaban J connectivity index is 0. The van der Waals surface area contributed by atoms with E-state index < -0.39 is 11.9 Å². The second-order valence-electron chi connectivity index (χ2n) is 4.11. The molecule has 0 radical (unpaired) electrons. The fourth-order valence-corrected chi connectivity index (χ4v) is 1.31. The Bertz CT molecular complexity index is 209. The number of carboxylic acids is 2. The quantitative estimate of drug-likeness (QED) is 0.394. The lowest BCUT2D eigenvalue weighted by molar-refractivity contribution is -0.138. The minimum absolute atomic E-state index is 0.0278. The number of carboxylic acid groups (broad SMARTS) is 2. The predicted molar refractivity (Wildman–Crippen MR) is 72.6 cm³/mol. The van der Waals surface area contributed by atoms with Gasteiger partial charge in [-0.1, -0.05) is 19.3 Å². The summed E-state index contributed by atoms with van der Waals surface area (Å²) in [7, 11) is 0. The van der Waals surface area contributed by atoms with Crippen LogP contribution < -0.4 is 0 Å². The van der Waals surface area contributed by atoms with Gasteiger partial charge in [0, 0.05) is 12.8 Å². The van der Waals surface area contributed by atoms with Gasteiger partial charge in [0.2, 0.25) is 0 Å². The molecule has 7 nitrogen and oxygen atoms in total. The van der Waals surface area contributed by atoms with Crippen LogP contribution in [0.25, 0.3) is 0 Å². The fourth-order valence-electron chi connectivity index (χ4n) is 1.31. The number of carbonyl (C=O) groups is 2. The molecule has 0 aliphatic rings. The van der Waals surface area contributed by atoms with E-state index in [-0.39, 0.29) is 26.1 Å². The molecular formula is C13H26O7. The Kier molecular flexibility index (Phi) is 18.8. The van der Waals surface area contributed by atoms with Crippen molar-refractivity contribution in [1.82, 2.24) is 0 Å². The fraction of sp³-hybridized carbons (Fsp3) is 0.846. The van der Waals surface area contributed by atoms with Crippen molar-refractivity contribution < 1.29 is 34.8 Å². The summed E-state index contributed by atoms with van der Waals surface area (Å²) in [6, 6.07) is 0. The lowest BCUT2D eigenvalue weighted by atomic mass is 10.1. The summed E-state index contributed by atoms with van der Waals surface area (Å²) in [5.74, 6) is -1.52. The highest BCUT2D eigenvalue weighted by atomic mass is 16.5. The van der Waals surface area contributed by atoms with E-state index in [2.05, 4.69) is 4.74 Å². The summed E-state index contributed by atoms with van der Waals surface area (Å²) in [6.45, 7) is 0.696. The van der Waals surface area contributed by atoms with Gasteiger partial charge in [0.15, 0.2) is 0 Å². The minimum Gasteiger partial charge on any atom is -0.481 e. The van der Waals surface area contributed by atoms with Crippen molar-refractivity contribution in [3.63, 3.8) is 0 Å². The van der Waals surface area contributed by atoms with Gasteiger partial charge in [0.05, 0.1) is 26.4 Å². The van der Waals surface area contributed by atoms with Gasteiger partial charge in [0.25, 0.3) is 0 Å². The van der Waals surface area contributed by atoms with Crippen molar-refractivity contribution in [2.24, 2.45) is 0 Å². The van der Waals surface area contributed by atoms with Crippen LogP contribution in [0.1, 0.15) is 44.9 Å². The molecule has 0 rings (SSSR count). The van der Waals surface area contributed by atoms with Crippen LogP contribution in [0.4, 0.5) is 0 Å². The number of rotatable bonds is 12. The first-order valence-corrected chi connectivity index (χ1v) is 6.77. The normalized spacial score (nSPS) is 9.70. The molecule has 4 N–H and O–H groups in total. The Hall–Kier alpha value is -1.18. The van der Waals surface area contributed by atoms with Crippen LogP contribution in [0.2, 0.25) is 0 Å². The maximum Gasteiger partial charge on any atom is 0.303 e. The summed E-state index contributed by atoms with van der Waals surface area (Å²) in [5.41, 5.74) is 0. The average molecular weight is 294 g/mol. The highest BCUT2D eigenvalue weighted by molar-refractivity contribution is 5.66. The van der Waals surface area contributed by atoms with Crippen LogP contribution in [-0.4, -0.2) is 58.8 Å². The van der Waals surface area contributed by atoms with E-state index in [1.807, 2.05) is 0 Å². The van der Waals surface area contributed by atoms with Gasteiger partial charge >= 0.3 is 11.9 Å². The van der Waals surface area contributed by atoms with Gasteiger partial charge < -0.3 is 25.2 Å². The highest BCUT2D eigenvalue weighted by Gasteiger charge is 1.98. The van der Waals surface area contributed by atoms with Crippen LogP contribution in [0, 0.1) is 0 Å². The Morgan fingerprint density at radius 3 is 1.35 bits per heavy atom. The summed E-state index contributed by atoms with van der Waals surface area (Å²) in [5, 5.41) is 32.8. The average Bonchev–Trinajstić information content (AvgIpc) is 2.38. The molecular weight excluding hydrogens is 268 g/mol. The molecule has 7 heteroatoms. The van der Waals surface area contributed by atoms with Gasteiger partial charge in [0.1, 0.15) is 0 Å². The minimum atomic E-state index is -0.759. The van der Waals surface area contributed by atoms with E-state index in [1.165, 1.54) is 0 Å². The predicted octanol–water partition coefficient (Wildman–Crippen LogP) is 0.874. The van der Waals surface area contributed by atoms with Crippen molar-refractivity contribution in [3.05, 3.63) is 0 Å². The summed E-state index contributed by atoms with van der Waals surface area (Å²) in [6.07, 6.45) is 4.53. The van der Waals surface area contributed by atoms with Gasteiger partial charge in [-0.25, -0.2) is 0 Å². The van der Waals surface area contributed by atoms with Crippen LogP contribution >= 0.6 is 0 Å². The van der Waals surface area contributed by atoms with Crippen LogP contribution in [-0.2, 0) is 14.3 Å². The smallest absolute Gasteiger partial charge is 0.303 e. The number of unbranched alkanes of at least 4 members (excludes halogenated alkanes) is 4. The first kappa shape index (κ1) is 21.1. The molecule has 0 aliphatic carbocycles. The monoisotopic (exact) mass is 294 g/mol. The second-order valence-corrected chi connectivity index (χ2v) is 4.11. The zero-order valence-electron chi connectivity index (χ0n) is 11.8. The van der Waals surface area contributed by atoms with Gasteiger partial charge in [-0.05, 0) is 12.8 Å². The van der Waals surface area contributed by atoms with Crippen molar-refractivity contribution in [2.75, 3.05) is 26.4 Å². The molecule has 0 heterocycles. The molecule has 20 heavy (non-hydrogen) atoms. The number of aliphatic carboxylic acids is 2.